The van der Waals surface area contributed by atoms with E-state index in [1.165, 1.54) is 12.0 Å². The number of rotatable bonds is 10. The number of hydrogen-bond acceptors (Lipinski definition) is 5. The van der Waals surface area contributed by atoms with Gasteiger partial charge in [-0.05, 0) is 43.7 Å². The van der Waals surface area contributed by atoms with Gasteiger partial charge in [-0.15, -0.1) is 0 Å². The Morgan fingerprint density at radius 3 is 2.76 bits per heavy atom. The Hall–Kier alpha value is -1.70. The zero-order chi connectivity index (χ0) is 20.7. The van der Waals surface area contributed by atoms with Crippen LogP contribution in [0.5, 0.6) is 0 Å². The third-order valence-corrected chi connectivity index (χ3v) is 7.28. The van der Waals surface area contributed by atoms with Gasteiger partial charge in [0.15, 0.2) is 0 Å². The van der Waals surface area contributed by atoms with Crippen LogP contribution in [0.15, 0.2) is 41.7 Å². The fourth-order valence-electron chi connectivity index (χ4n) is 4.12. The number of aromatic nitrogens is 2. The maximum atomic E-state index is 12.6. The van der Waals surface area contributed by atoms with Gasteiger partial charge < -0.3 is 9.30 Å². The van der Waals surface area contributed by atoms with Crippen molar-refractivity contribution in [3.8, 4) is 0 Å². The molecule has 0 N–H and O–H groups in total. The van der Waals surface area contributed by atoms with E-state index in [-0.39, 0.29) is 10.9 Å². The lowest BCUT2D eigenvalue weighted by molar-refractivity contribution is 0.0861. The van der Waals surface area contributed by atoms with E-state index < -0.39 is 9.84 Å². The van der Waals surface area contributed by atoms with Gasteiger partial charge in [-0.25, -0.2) is 13.4 Å². The second-order valence-electron chi connectivity index (χ2n) is 7.88. The molecule has 6 nitrogen and oxygen atoms in total. The van der Waals surface area contributed by atoms with E-state index in [1.54, 1.807) is 20.2 Å². The van der Waals surface area contributed by atoms with Crippen molar-refractivity contribution < 1.29 is 13.2 Å². The molecular weight excluding hydrogens is 386 g/mol. The van der Waals surface area contributed by atoms with Crippen molar-refractivity contribution in [2.75, 3.05) is 32.6 Å². The lowest BCUT2D eigenvalue weighted by Crippen LogP contribution is -2.37. The molecule has 0 amide bonds. The normalized spacial score (nSPS) is 18.2. The van der Waals surface area contributed by atoms with Crippen LogP contribution in [0, 0.1) is 5.92 Å². The zero-order valence-electron chi connectivity index (χ0n) is 17.6. The van der Waals surface area contributed by atoms with E-state index >= 15 is 0 Å². The molecule has 160 valence electrons. The number of imidazole rings is 1. The number of likely N-dealkylation sites (tertiary alicyclic amines) is 1. The molecule has 1 aromatic carbocycles. The third kappa shape index (κ3) is 5.90. The summed E-state index contributed by atoms with van der Waals surface area (Å²) in [5.41, 5.74) is 2.26. The highest BCUT2D eigenvalue weighted by Gasteiger charge is 2.25. The predicted molar refractivity (Wildman–Crippen MR) is 115 cm³/mol. The molecule has 1 aliphatic rings. The third-order valence-electron chi connectivity index (χ3n) is 5.64. The molecule has 0 unspecified atom stereocenters. The number of hydrogen-bond donors (Lipinski definition) is 0. The first kappa shape index (κ1) is 22.0. The fraction of sp³-hybridized carbons (Fsp3) is 0.591. The van der Waals surface area contributed by atoms with Gasteiger partial charge in [0, 0.05) is 26.7 Å². The molecule has 0 bridgehead atoms. The van der Waals surface area contributed by atoms with Crippen molar-refractivity contribution >= 4 is 9.84 Å². The molecule has 2 heterocycles. The molecule has 1 saturated heterocycles. The van der Waals surface area contributed by atoms with E-state index in [4.69, 9.17) is 4.74 Å². The Morgan fingerprint density at radius 1 is 1.24 bits per heavy atom. The van der Waals surface area contributed by atoms with Crippen LogP contribution in [-0.4, -0.2) is 55.4 Å². The van der Waals surface area contributed by atoms with Crippen molar-refractivity contribution in [2.24, 2.45) is 5.92 Å². The van der Waals surface area contributed by atoms with Gasteiger partial charge in [-0.3, -0.25) is 4.90 Å². The van der Waals surface area contributed by atoms with Crippen LogP contribution in [-0.2, 0) is 34.1 Å². The fourth-order valence-corrected chi connectivity index (χ4v) is 5.13. The Bertz CT molecular complexity index is 863. The maximum absolute atomic E-state index is 12.6. The van der Waals surface area contributed by atoms with Gasteiger partial charge in [-0.1, -0.05) is 37.3 Å². The quantitative estimate of drug-likeness (QED) is 0.592. The number of aryl methyl sites for hydroxylation is 1. The highest BCUT2D eigenvalue weighted by molar-refractivity contribution is 7.91. The average molecular weight is 420 g/mol. The molecule has 1 fully saturated rings. The summed E-state index contributed by atoms with van der Waals surface area (Å²) in [6, 6.07) is 10.3. The van der Waals surface area contributed by atoms with E-state index in [9.17, 15) is 8.42 Å². The molecule has 0 aliphatic carbocycles. The van der Waals surface area contributed by atoms with Crippen LogP contribution < -0.4 is 0 Å². The molecule has 1 aromatic heterocycles. The first-order valence-corrected chi connectivity index (χ1v) is 12.2. The highest BCUT2D eigenvalue weighted by Crippen LogP contribution is 2.21. The van der Waals surface area contributed by atoms with Gasteiger partial charge in [0.05, 0.1) is 24.3 Å². The first-order chi connectivity index (χ1) is 14.0. The molecule has 1 atom stereocenters. The summed E-state index contributed by atoms with van der Waals surface area (Å²) < 4.78 is 32.4. The van der Waals surface area contributed by atoms with Gasteiger partial charge in [0.1, 0.15) is 0 Å². The number of piperidine rings is 1. The number of methoxy groups -OCH3 is 1. The van der Waals surface area contributed by atoms with Crippen LogP contribution in [0.4, 0.5) is 0 Å². The van der Waals surface area contributed by atoms with E-state index in [2.05, 4.69) is 22.0 Å². The van der Waals surface area contributed by atoms with Crippen molar-refractivity contribution in [1.29, 1.82) is 0 Å². The lowest BCUT2D eigenvalue weighted by Gasteiger charge is -2.32. The summed E-state index contributed by atoms with van der Waals surface area (Å²) in [7, 11) is -1.60. The molecule has 29 heavy (non-hydrogen) atoms. The first-order valence-electron chi connectivity index (χ1n) is 10.6. The smallest absolute Gasteiger partial charge is 0.227 e. The molecule has 0 spiro atoms. The van der Waals surface area contributed by atoms with Crippen LogP contribution >= 0.6 is 0 Å². The lowest BCUT2D eigenvalue weighted by atomic mass is 9.99. The minimum absolute atomic E-state index is 0.0712. The van der Waals surface area contributed by atoms with Crippen LogP contribution in [0.25, 0.3) is 0 Å². The van der Waals surface area contributed by atoms with Gasteiger partial charge in [-0.2, -0.15) is 0 Å². The number of sulfone groups is 1. The van der Waals surface area contributed by atoms with E-state index in [0.29, 0.717) is 12.5 Å². The standard InChI is InChI=1S/C22H33N3O3S/c1-3-29(26,27)22-23-15-21(17-24-13-7-12-20(16-24)18-28-2)25(22)14-8-11-19-9-5-4-6-10-19/h4-6,9-10,15,20H,3,7-8,11-14,16-18H2,1-2H3/t20-/m0/s1. The Kier molecular flexibility index (Phi) is 7.86. The summed E-state index contributed by atoms with van der Waals surface area (Å²) in [5, 5.41) is 0.216. The van der Waals surface area contributed by atoms with Crippen LogP contribution in [0.1, 0.15) is 37.4 Å². The average Bonchev–Trinajstić information content (AvgIpc) is 3.13. The highest BCUT2D eigenvalue weighted by atomic mass is 32.2. The topological polar surface area (TPSA) is 64.4 Å². The van der Waals surface area contributed by atoms with Crippen molar-refractivity contribution in [1.82, 2.24) is 14.5 Å². The predicted octanol–water partition coefficient (Wildman–Crippen LogP) is 3.17. The van der Waals surface area contributed by atoms with Crippen molar-refractivity contribution in [2.45, 2.75) is 50.9 Å². The van der Waals surface area contributed by atoms with Crippen LogP contribution in [0.3, 0.4) is 0 Å². The summed E-state index contributed by atoms with van der Waals surface area (Å²) in [6.07, 6.45) is 5.90. The number of ether oxygens (including phenoxy) is 1. The minimum atomic E-state index is -3.35. The van der Waals surface area contributed by atoms with Gasteiger partial charge >= 0.3 is 0 Å². The van der Waals surface area contributed by atoms with Gasteiger partial charge in [0.25, 0.3) is 0 Å². The Labute approximate surface area is 174 Å². The molecular formula is C22H33N3O3S. The monoisotopic (exact) mass is 419 g/mol. The summed E-state index contributed by atoms with van der Waals surface area (Å²) in [4.78, 5) is 6.73. The number of benzene rings is 1. The maximum Gasteiger partial charge on any atom is 0.227 e. The molecule has 7 heteroatoms. The number of nitrogens with zero attached hydrogens (tertiary/aromatic N) is 3. The summed E-state index contributed by atoms with van der Waals surface area (Å²) >= 11 is 0. The SMILES string of the molecule is CCS(=O)(=O)c1ncc(CN2CCC[C@H](COC)C2)n1CCCc1ccccc1. The second kappa shape index (κ2) is 10.4. The summed E-state index contributed by atoms with van der Waals surface area (Å²) in [6.45, 7) is 5.87. The molecule has 2 aromatic rings. The van der Waals surface area contributed by atoms with Gasteiger partial charge in [0.2, 0.25) is 15.0 Å². The van der Waals surface area contributed by atoms with Crippen molar-refractivity contribution in [3.05, 3.63) is 47.8 Å². The van der Waals surface area contributed by atoms with Crippen molar-refractivity contribution in [3.63, 3.8) is 0 Å². The zero-order valence-corrected chi connectivity index (χ0v) is 18.4. The second-order valence-corrected chi connectivity index (χ2v) is 10.0. The molecule has 1 aliphatic heterocycles. The Morgan fingerprint density at radius 2 is 2.03 bits per heavy atom. The minimum Gasteiger partial charge on any atom is -0.384 e. The molecule has 0 radical (unpaired) electrons. The van der Waals surface area contributed by atoms with Crippen LogP contribution in [0.2, 0.25) is 0 Å². The largest absolute Gasteiger partial charge is 0.384 e. The van der Waals surface area contributed by atoms with E-state index in [0.717, 1.165) is 51.2 Å². The molecule has 0 saturated carbocycles. The molecule has 3 rings (SSSR count). The Balaban J connectivity index is 1.74. The van der Waals surface area contributed by atoms with E-state index in [1.807, 2.05) is 22.8 Å². The summed E-state index contributed by atoms with van der Waals surface area (Å²) in [5.74, 6) is 0.615.